The molecule has 0 unspecified atom stereocenters. The summed E-state index contributed by atoms with van der Waals surface area (Å²) in [6.45, 7) is 1.37. The van der Waals surface area contributed by atoms with Crippen LogP contribution in [-0.4, -0.2) is 27.6 Å². The Hall–Kier alpha value is -2.17. The Bertz CT molecular complexity index is 410. The van der Waals surface area contributed by atoms with E-state index in [4.69, 9.17) is 10.4 Å². The standard InChI is InChI=1S/C10H10N2O3/c1-7(11-14)9(12-15)10(13)8-5-3-2-4-6-8/h2-6,14-15H,1H3. The van der Waals surface area contributed by atoms with Crippen molar-refractivity contribution in [2.45, 2.75) is 6.92 Å². The molecule has 0 aliphatic heterocycles. The van der Waals surface area contributed by atoms with E-state index in [1.54, 1.807) is 30.3 Å². The number of benzene rings is 1. The first-order valence-electron chi connectivity index (χ1n) is 4.21. The van der Waals surface area contributed by atoms with Gasteiger partial charge in [-0.15, -0.1) is 0 Å². The van der Waals surface area contributed by atoms with Gasteiger partial charge in [0, 0.05) is 5.56 Å². The molecule has 0 saturated carbocycles. The van der Waals surface area contributed by atoms with Crippen molar-refractivity contribution in [3.8, 4) is 0 Å². The number of oxime groups is 2. The van der Waals surface area contributed by atoms with Gasteiger partial charge in [-0.25, -0.2) is 0 Å². The highest BCUT2D eigenvalue weighted by atomic mass is 16.4. The van der Waals surface area contributed by atoms with Gasteiger partial charge in [-0.3, -0.25) is 4.79 Å². The molecule has 1 rings (SSSR count). The molecule has 0 fully saturated rings. The number of carbonyl (C=O) groups excluding carboxylic acids is 1. The lowest BCUT2D eigenvalue weighted by Crippen LogP contribution is -2.22. The molecule has 0 amide bonds. The third kappa shape index (κ3) is 2.40. The van der Waals surface area contributed by atoms with E-state index in [-0.39, 0.29) is 11.4 Å². The summed E-state index contributed by atoms with van der Waals surface area (Å²) in [5.41, 5.74) is 0.0587. The van der Waals surface area contributed by atoms with Crippen LogP contribution in [0.2, 0.25) is 0 Å². The first-order valence-corrected chi connectivity index (χ1v) is 4.21. The second-order valence-electron chi connectivity index (χ2n) is 2.83. The Labute approximate surface area is 86.3 Å². The largest absolute Gasteiger partial charge is 0.411 e. The zero-order valence-electron chi connectivity index (χ0n) is 8.08. The molecule has 1 aromatic rings. The number of hydrogen-bond donors (Lipinski definition) is 2. The van der Waals surface area contributed by atoms with Crippen LogP contribution < -0.4 is 0 Å². The fourth-order valence-electron chi connectivity index (χ4n) is 1.06. The van der Waals surface area contributed by atoms with Gasteiger partial charge in [-0.1, -0.05) is 40.6 Å². The number of Topliss-reactive ketones (excluding diaryl/α,β-unsaturated/α-hetero) is 1. The maximum absolute atomic E-state index is 11.7. The molecule has 15 heavy (non-hydrogen) atoms. The lowest BCUT2D eigenvalue weighted by atomic mass is 10.0. The van der Waals surface area contributed by atoms with Crippen LogP contribution in [0, 0.1) is 0 Å². The van der Waals surface area contributed by atoms with Crippen LogP contribution in [0.3, 0.4) is 0 Å². The van der Waals surface area contributed by atoms with Gasteiger partial charge in [0.2, 0.25) is 5.78 Å². The molecule has 5 heteroatoms. The molecule has 78 valence electrons. The minimum absolute atomic E-state index is 0.0358. The van der Waals surface area contributed by atoms with Crippen LogP contribution in [0.15, 0.2) is 40.6 Å². The van der Waals surface area contributed by atoms with E-state index in [1.807, 2.05) is 0 Å². The van der Waals surface area contributed by atoms with Crippen LogP contribution in [-0.2, 0) is 0 Å². The van der Waals surface area contributed by atoms with Crippen molar-refractivity contribution in [1.82, 2.24) is 0 Å². The quantitative estimate of drug-likeness (QED) is 0.340. The van der Waals surface area contributed by atoms with Crippen LogP contribution >= 0.6 is 0 Å². The van der Waals surface area contributed by atoms with Crippen LogP contribution in [0.4, 0.5) is 0 Å². The summed E-state index contributed by atoms with van der Waals surface area (Å²) in [7, 11) is 0. The molecular formula is C10H10N2O3. The van der Waals surface area contributed by atoms with Crippen LogP contribution in [0.25, 0.3) is 0 Å². The molecule has 0 atom stereocenters. The molecule has 0 heterocycles. The topological polar surface area (TPSA) is 82.2 Å². The Morgan fingerprint density at radius 3 is 2.20 bits per heavy atom. The molecule has 5 nitrogen and oxygen atoms in total. The van der Waals surface area contributed by atoms with Crippen molar-refractivity contribution < 1.29 is 15.2 Å². The van der Waals surface area contributed by atoms with E-state index >= 15 is 0 Å². The number of rotatable bonds is 3. The molecule has 0 aliphatic rings. The smallest absolute Gasteiger partial charge is 0.216 e. The number of nitrogens with zero attached hydrogens (tertiary/aromatic N) is 2. The van der Waals surface area contributed by atoms with Gasteiger partial charge in [0.05, 0.1) is 0 Å². The second-order valence-corrected chi connectivity index (χ2v) is 2.83. The molecule has 0 aromatic heterocycles. The Balaban J connectivity index is 3.05. The van der Waals surface area contributed by atoms with Crippen molar-refractivity contribution in [3.63, 3.8) is 0 Å². The van der Waals surface area contributed by atoms with Gasteiger partial charge in [0.15, 0.2) is 5.71 Å². The van der Waals surface area contributed by atoms with Gasteiger partial charge in [-0.05, 0) is 6.92 Å². The van der Waals surface area contributed by atoms with E-state index in [0.717, 1.165) is 0 Å². The van der Waals surface area contributed by atoms with Gasteiger partial charge in [0.1, 0.15) is 5.71 Å². The summed E-state index contributed by atoms with van der Waals surface area (Å²) in [6.07, 6.45) is 0. The first kappa shape index (κ1) is 10.9. The molecular weight excluding hydrogens is 196 g/mol. The highest BCUT2D eigenvalue weighted by molar-refractivity contribution is 6.69. The predicted octanol–water partition coefficient (Wildman–Crippen LogP) is 1.55. The Kier molecular flexibility index (Phi) is 3.56. The first-order chi connectivity index (χ1) is 7.20. The van der Waals surface area contributed by atoms with Crippen molar-refractivity contribution >= 4 is 17.2 Å². The predicted molar refractivity (Wildman–Crippen MR) is 54.9 cm³/mol. The molecule has 0 spiro atoms. The van der Waals surface area contributed by atoms with Crippen molar-refractivity contribution in [3.05, 3.63) is 35.9 Å². The Morgan fingerprint density at radius 2 is 1.73 bits per heavy atom. The molecule has 0 saturated heterocycles. The normalized spacial score (nSPS) is 12.6. The molecule has 1 aromatic carbocycles. The van der Waals surface area contributed by atoms with Crippen molar-refractivity contribution in [1.29, 1.82) is 0 Å². The maximum Gasteiger partial charge on any atom is 0.216 e. The summed E-state index contributed by atoms with van der Waals surface area (Å²) in [4.78, 5) is 11.7. The third-order valence-electron chi connectivity index (χ3n) is 1.84. The average molecular weight is 206 g/mol. The number of ketones is 1. The summed E-state index contributed by atoms with van der Waals surface area (Å²) >= 11 is 0. The number of carbonyl (C=O) groups is 1. The van der Waals surface area contributed by atoms with Gasteiger partial charge >= 0.3 is 0 Å². The highest BCUT2D eigenvalue weighted by Crippen LogP contribution is 2.02. The highest BCUT2D eigenvalue weighted by Gasteiger charge is 2.17. The van der Waals surface area contributed by atoms with Crippen LogP contribution in [0.1, 0.15) is 17.3 Å². The summed E-state index contributed by atoms with van der Waals surface area (Å²) in [6, 6.07) is 8.30. The zero-order chi connectivity index (χ0) is 11.3. The number of hydrogen-bond acceptors (Lipinski definition) is 5. The SMILES string of the molecule is CC(=NO)C(=NO)C(=O)c1ccccc1. The van der Waals surface area contributed by atoms with E-state index in [2.05, 4.69) is 10.3 Å². The second kappa shape index (κ2) is 4.90. The molecule has 0 radical (unpaired) electrons. The summed E-state index contributed by atoms with van der Waals surface area (Å²) in [5.74, 6) is -0.492. The van der Waals surface area contributed by atoms with Crippen LogP contribution in [0.5, 0.6) is 0 Å². The van der Waals surface area contributed by atoms with Gasteiger partial charge in [-0.2, -0.15) is 0 Å². The summed E-state index contributed by atoms with van der Waals surface area (Å²) in [5, 5.41) is 22.7. The monoisotopic (exact) mass is 206 g/mol. The third-order valence-corrected chi connectivity index (χ3v) is 1.84. The maximum atomic E-state index is 11.7. The van der Waals surface area contributed by atoms with Gasteiger partial charge in [0.25, 0.3) is 0 Å². The minimum Gasteiger partial charge on any atom is -0.411 e. The minimum atomic E-state index is -0.492. The van der Waals surface area contributed by atoms with E-state index in [1.165, 1.54) is 6.92 Å². The fourth-order valence-corrected chi connectivity index (χ4v) is 1.06. The summed E-state index contributed by atoms with van der Waals surface area (Å²) < 4.78 is 0. The molecule has 2 N–H and O–H groups in total. The average Bonchev–Trinajstić information content (AvgIpc) is 2.30. The lowest BCUT2D eigenvalue weighted by Gasteiger charge is -2.01. The lowest BCUT2D eigenvalue weighted by molar-refractivity contribution is 0.106. The Morgan fingerprint density at radius 1 is 1.13 bits per heavy atom. The fraction of sp³-hybridized carbons (Fsp3) is 0.100. The van der Waals surface area contributed by atoms with E-state index in [0.29, 0.717) is 5.56 Å². The molecule has 0 bridgehead atoms. The zero-order valence-corrected chi connectivity index (χ0v) is 8.08. The van der Waals surface area contributed by atoms with Crippen molar-refractivity contribution in [2.24, 2.45) is 10.3 Å². The van der Waals surface area contributed by atoms with E-state index in [9.17, 15) is 4.79 Å². The van der Waals surface area contributed by atoms with Gasteiger partial charge < -0.3 is 10.4 Å². The molecule has 0 aliphatic carbocycles. The van der Waals surface area contributed by atoms with E-state index < -0.39 is 5.78 Å². The van der Waals surface area contributed by atoms with Crippen molar-refractivity contribution in [2.75, 3.05) is 0 Å².